The molecule has 1 aliphatic rings. The zero-order valence-electron chi connectivity index (χ0n) is 15.5. The van der Waals surface area contributed by atoms with Gasteiger partial charge in [-0.3, -0.25) is 4.79 Å². The summed E-state index contributed by atoms with van der Waals surface area (Å²) in [6.45, 7) is 4.05. The molecule has 6 heteroatoms. The maximum Gasteiger partial charge on any atom is 0.220 e. The van der Waals surface area contributed by atoms with E-state index in [2.05, 4.69) is 15.4 Å². The van der Waals surface area contributed by atoms with E-state index in [4.69, 9.17) is 4.98 Å². The summed E-state index contributed by atoms with van der Waals surface area (Å²) in [4.78, 5) is 21.4. The first-order valence-corrected chi connectivity index (χ1v) is 9.52. The number of rotatable bonds is 4. The number of nitrogens with zero attached hydrogens (tertiary/aromatic N) is 4. The van der Waals surface area contributed by atoms with E-state index in [1.165, 1.54) is 19.3 Å². The van der Waals surface area contributed by atoms with Crippen LogP contribution in [-0.4, -0.2) is 31.5 Å². The zero-order valence-corrected chi connectivity index (χ0v) is 15.5. The first-order valence-electron chi connectivity index (χ1n) is 9.52. The molecule has 4 rings (SSSR count). The van der Waals surface area contributed by atoms with Crippen LogP contribution in [0, 0.1) is 13.8 Å². The topological polar surface area (TPSA) is 72.2 Å². The van der Waals surface area contributed by atoms with E-state index in [1.807, 2.05) is 30.5 Å². The Morgan fingerprint density at radius 3 is 2.88 bits per heavy atom. The van der Waals surface area contributed by atoms with E-state index < -0.39 is 0 Å². The summed E-state index contributed by atoms with van der Waals surface area (Å²) in [5.74, 6) is 0.142. The van der Waals surface area contributed by atoms with Crippen molar-refractivity contribution in [1.82, 2.24) is 24.9 Å². The molecule has 26 heavy (non-hydrogen) atoms. The lowest BCUT2D eigenvalue weighted by molar-refractivity contribution is -0.121. The van der Waals surface area contributed by atoms with Gasteiger partial charge >= 0.3 is 0 Å². The fourth-order valence-corrected chi connectivity index (χ4v) is 4.01. The van der Waals surface area contributed by atoms with Gasteiger partial charge in [0.15, 0.2) is 11.3 Å². The fraction of sp³-hybridized carbons (Fsp3) is 0.500. The first-order chi connectivity index (χ1) is 12.6. The molecule has 0 radical (unpaired) electrons. The van der Waals surface area contributed by atoms with E-state index in [9.17, 15) is 4.79 Å². The van der Waals surface area contributed by atoms with Crippen molar-refractivity contribution < 1.29 is 4.79 Å². The van der Waals surface area contributed by atoms with Crippen molar-refractivity contribution >= 4 is 22.6 Å². The summed E-state index contributed by atoms with van der Waals surface area (Å²) in [6.07, 6.45) is 8.90. The molecule has 3 aromatic rings. The Bertz CT molecular complexity index is 956. The van der Waals surface area contributed by atoms with Crippen LogP contribution >= 0.6 is 0 Å². The van der Waals surface area contributed by atoms with Crippen LogP contribution in [0.5, 0.6) is 0 Å². The number of nitrogens with one attached hydrogen (secondary N) is 1. The minimum absolute atomic E-state index is 0.142. The van der Waals surface area contributed by atoms with Gasteiger partial charge in [0, 0.05) is 30.0 Å². The van der Waals surface area contributed by atoms with Crippen molar-refractivity contribution in [2.24, 2.45) is 0 Å². The molecule has 1 aliphatic carbocycles. The summed E-state index contributed by atoms with van der Waals surface area (Å²) < 4.78 is 1.86. The number of carbonyl (C=O) groups excluding carboxylic acids is 1. The average molecular weight is 351 g/mol. The van der Waals surface area contributed by atoms with Crippen LogP contribution in [0.2, 0.25) is 0 Å². The summed E-state index contributed by atoms with van der Waals surface area (Å²) in [5.41, 5.74) is 4.64. The van der Waals surface area contributed by atoms with Gasteiger partial charge in [-0.2, -0.15) is 0 Å². The van der Waals surface area contributed by atoms with Crippen molar-refractivity contribution in [2.75, 3.05) is 0 Å². The Labute approximate surface area is 153 Å². The largest absolute Gasteiger partial charge is 0.353 e. The van der Waals surface area contributed by atoms with Gasteiger partial charge < -0.3 is 5.32 Å². The quantitative estimate of drug-likeness (QED) is 0.783. The molecule has 3 heterocycles. The fourth-order valence-electron chi connectivity index (χ4n) is 4.01. The second kappa shape index (κ2) is 7.02. The van der Waals surface area contributed by atoms with Crippen LogP contribution in [0.1, 0.15) is 55.5 Å². The SMILES string of the molecule is Cc1nc2c3cccnc3nn2c(C)c1CCC(=O)NC1CCCCC1. The summed E-state index contributed by atoms with van der Waals surface area (Å²) >= 11 is 0. The maximum absolute atomic E-state index is 12.3. The molecule has 0 aromatic carbocycles. The molecule has 136 valence electrons. The van der Waals surface area contributed by atoms with Crippen LogP contribution < -0.4 is 5.32 Å². The predicted molar refractivity (Wildman–Crippen MR) is 101 cm³/mol. The number of aromatic nitrogens is 4. The highest BCUT2D eigenvalue weighted by Gasteiger charge is 2.18. The van der Waals surface area contributed by atoms with Crippen molar-refractivity contribution in [2.45, 2.75) is 64.8 Å². The van der Waals surface area contributed by atoms with Crippen molar-refractivity contribution in [3.05, 3.63) is 35.3 Å². The van der Waals surface area contributed by atoms with Gasteiger partial charge in [-0.15, -0.1) is 5.10 Å². The number of hydrogen-bond donors (Lipinski definition) is 1. The number of hydrogen-bond acceptors (Lipinski definition) is 4. The molecular formula is C20H25N5O. The lowest BCUT2D eigenvalue weighted by Gasteiger charge is -2.22. The van der Waals surface area contributed by atoms with Gasteiger partial charge in [0.25, 0.3) is 0 Å². The van der Waals surface area contributed by atoms with Crippen LogP contribution in [0.3, 0.4) is 0 Å². The minimum atomic E-state index is 0.142. The standard InChI is InChI=1S/C20H25N5O/c1-13-16(10-11-18(26)23-15-7-4-3-5-8-15)14(2)25-20(22-13)17-9-6-12-21-19(17)24-25/h6,9,12,15H,3-5,7-8,10-11H2,1-2H3,(H,23,26). The van der Waals surface area contributed by atoms with Crippen LogP contribution in [0.4, 0.5) is 0 Å². The Morgan fingerprint density at radius 1 is 1.27 bits per heavy atom. The highest BCUT2D eigenvalue weighted by molar-refractivity contribution is 5.89. The summed E-state index contributed by atoms with van der Waals surface area (Å²) in [6, 6.07) is 4.26. The molecule has 0 unspecified atom stereocenters. The van der Waals surface area contributed by atoms with E-state index in [1.54, 1.807) is 6.20 Å². The van der Waals surface area contributed by atoms with Gasteiger partial charge in [0.05, 0.1) is 5.39 Å². The van der Waals surface area contributed by atoms with E-state index in [0.717, 1.165) is 40.8 Å². The number of carbonyl (C=O) groups is 1. The molecule has 0 spiro atoms. The first kappa shape index (κ1) is 16.9. The number of fused-ring (bicyclic) bond motifs is 3. The summed E-state index contributed by atoms with van der Waals surface area (Å²) in [7, 11) is 0. The second-order valence-corrected chi connectivity index (χ2v) is 7.27. The number of pyridine rings is 1. The van der Waals surface area contributed by atoms with Gasteiger partial charge in [0.1, 0.15) is 0 Å². The minimum Gasteiger partial charge on any atom is -0.353 e. The van der Waals surface area contributed by atoms with Crippen molar-refractivity contribution in [3.63, 3.8) is 0 Å². The van der Waals surface area contributed by atoms with Crippen LogP contribution in [0.15, 0.2) is 18.3 Å². The Balaban J connectivity index is 1.54. The van der Waals surface area contributed by atoms with Crippen molar-refractivity contribution in [3.8, 4) is 0 Å². The van der Waals surface area contributed by atoms with Crippen LogP contribution in [-0.2, 0) is 11.2 Å². The highest BCUT2D eigenvalue weighted by atomic mass is 16.1. The number of aryl methyl sites for hydroxylation is 2. The molecule has 1 N–H and O–H groups in total. The molecule has 3 aromatic heterocycles. The van der Waals surface area contributed by atoms with Crippen molar-refractivity contribution in [1.29, 1.82) is 0 Å². The Kier molecular flexibility index (Phi) is 4.57. The second-order valence-electron chi connectivity index (χ2n) is 7.27. The Hall–Kier alpha value is -2.50. The van der Waals surface area contributed by atoms with E-state index >= 15 is 0 Å². The molecule has 0 bridgehead atoms. The van der Waals surface area contributed by atoms with Crippen LogP contribution in [0.25, 0.3) is 16.7 Å². The lowest BCUT2D eigenvalue weighted by Crippen LogP contribution is -2.36. The maximum atomic E-state index is 12.3. The third-order valence-electron chi connectivity index (χ3n) is 5.46. The van der Waals surface area contributed by atoms with E-state index in [-0.39, 0.29) is 5.91 Å². The molecule has 1 fully saturated rings. The predicted octanol–water partition coefficient (Wildman–Crippen LogP) is 3.28. The highest BCUT2D eigenvalue weighted by Crippen LogP contribution is 2.22. The van der Waals surface area contributed by atoms with Gasteiger partial charge in [0.2, 0.25) is 5.91 Å². The smallest absolute Gasteiger partial charge is 0.220 e. The molecular weight excluding hydrogens is 326 g/mol. The third-order valence-corrected chi connectivity index (χ3v) is 5.46. The van der Waals surface area contributed by atoms with Gasteiger partial charge in [-0.25, -0.2) is 14.5 Å². The molecule has 0 aliphatic heterocycles. The normalized spacial score (nSPS) is 15.6. The average Bonchev–Trinajstić information content (AvgIpc) is 3.01. The molecule has 0 saturated heterocycles. The molecule has 0 atom stereocenters. The summed E-state index contributed by atoms with van der Waals surface area (Å²) in [5, 5.41) is 8.73. The molecule has 1 saturated carbocycles. The molecule has 1 amide bonds. The third kappa shape index (κ3) is 3.16. The monoisotopic (exact) mass is 351 g/mol. The number of amides is 1. The van der Waals surface area contributed by atoms with E-state index in [0.29, 0.717) is 24.5 Å². The zero-order chi connectivity index (χ0) is 18.1. The molecule has 6 nitrogen and oxygen atoms in total. The lowest BCUT2D eigenvalue weighted by atomic mass is 9.95. The van der Waals surface area contributed by atoms with Gasteiger partial charge in [-0.1, -0.05) is 19.3 Å². The Morgan fingerprint density at radius 2 is 2.08 bits per heavy atom. The van der Waals surface area contributed by atoms with Gasteiger partial charge in [-0.05, 0) is 50.8 Å².